The molecule has 1 aromatic heterocycles. The van der Waals surface area contributed by atoms with Gasteiger partial charge < -0.3 is 43.3 Å². The Balaban J connectivity index is 2.21. The maximum absolute atomic E-state index is 13.4. The highest BCUT2D eigenvalue weighted by molar-refractivity contribution is 5.99. The predicted octanol–water partition coefficient (Wildman–Crippen LogP) is 0.566. The number of guanidine groups is 1. The summed E-state index contributed by atoms with van der Waals surface area (Å²) in [6, 6.07) is 3.71. The molecule has 0 saturated heterocycles. The maximum atomic E-state index is 13.4. The van der Waals surface area contributed by atoms with Gasteiger partial charge in [-0.1, -0.05) is 20.3 Å². The number of hydrogen-bond donors (Lipinski definition) is 7. The van der Waals surface area contributed by atoms with Crippen molar-refractivity contribution in [3.8, 4) is 0 Å². The van der Waals surface area contributed by atoms with Gasteiger partial charge in [0.15, 0.2) is 5.96 Å². The molecule has 226 valence electrons. The van der Waals surface area contributed by atoms with Crippen LogP contribution in [-0.2, 0) is 14.4 Å². The fourth-order valence-electron chi connectivity index (χ4n) is 4.30. The number of benzene rings is 1. The molecule has 0 fully saturated rings. The number of aryl methyl sites for hydroxylation is 1. The van der Waals surface area contributed by atoms with Gasteiger partial charge in [-0.2, -0.15) is 0 Å². The minimum absolute atomic E-state index is 0.0735. The van der Waals surface area contributed by atoms with Crippen molar-refractivity contribution in [2.75, 3.05) is 18.4 Å². The summed E-state index contributed by atoms with van der Waals surface area (Å²) < 4.78 is 5.28. The second kappa shape index (κ2) is 16.3. The number of unbranched alkanes of at least 4 members (excludes halogenated alkanes) is 1. The van der Waals surface area contributed by atoms with Crippen LogP contribution >= 0.6 is 0 Å². The van der Waals surface area contributed by atoms with E-state index in [1.165, 1.54) is 6.07 Å². The first-order valence-electron chi connectivity index (χ1n) is 13.9. The molecule has 11 N–H and O–H groups in total. The van der Waals surface area contributed by atoms with E-state index in [2.05, 4.69) is 20.9 Å². The second-order valence-electron chi connectivity index (χ2n) is 10.5. The third-order valence-electron chi connectivity index (χ3n) is 6.44. The summed E-state index contributed by atoms with van der Waals surface area (Å²) >= 11 is 0. The summed E-state index contributed by atoms with van der Waals surface area (Å²) in [4.78, 5) is 55.2. The summed E-state index contributed by atoms with van der Waals surface area (Å²) in [6.07, 6.45) is 2.85. The third-order valence-corrected chi connectivity index (χ3v) is 6.44. The topological polar surface area (TPSA) is 234 Å². The lowest BCUT2D eigenvalue weighted by Gasteiger charge is -2.25. The van der Waals surface area contributed by atoms with Crippen molar-refractivity contribution in [3.63, 3.8) is 0 Å². The van der Waals surface area contributed by atoms with Crippen molar-refractivity contribution in [3.05, 3.63) is 40.2 Å². The van der Waals surface area contributed by atoms with E-state index in [1.54, 1.807) is 25.1 Å². The van der Waals surface area contributed by atoms with Crippen LogP contribution in [0, 0.1) is 12.8 Å². The summed E-state index contributed by atoms with van der Waals surface area (Å²) in [7, 11) is 0. The van der Waals surface area contributed by atoms with Crippen molar-refractivity contribution < 1.29 is 18.8 Å². The fourth-order valence-corrected chi connectivity index (χ4v) is 4.30. The minimum atomic E-state index is -0.971. The smallest absolute Gasteiger partial charge is 0.336 e. The molecule has 2 rings (SSSR count). The molecule has 0 aliphatic rings. The van der Waals surface area contributed by atoms with Gasteiger partial charge in [-0.05, 0) is 69.2 Å². The van der Waals surface area contributed by atoms with Gasteiger partial charge in [-0.15, -0.1) is 0 Å². The lowest BCUT2D eigenvalue weighted by Crippen LogP contribution is -2.55. The lowest BCUT2D eigenvalue weighted by molar-refractivity contribution is -0.131. The molecule has 13 nitrogen and oxygen atoms in total. The van der Waals surface area contributed by atoms with Gasteiger partial charge in [0.2, 0.25) is 17.7 Å². The van der Waals surface area contributed by atoms with E-state index in [0.717, 1.165) is 17.4 Å². The number of amides is 3. The SMILES string of the molecule is Cc1cc(=O)oc2cc(NC(=O)[C@H](CCCN=C(N)N)NC(=O)[C@H](CC(C)C)NC(=O)[C@@H](N)CCCCN)ccc12. The van der Waals surface area contributed by atoms with E-state index in [0.29, 0.717) is 43.5 Å². The molecule has 0 spiro atoms. The van der Waals surface area contributed by atoms with E-state index in [1.807, 2.05) is 13.8 Å². The van der Waals surface area contributed by atoms with Gasteiger partial charge in [0.25, 0.3) is 0 Å². The number of carbonyl (C=O) groups excluding carboxylic acids is 3. The zero-order chi connectivity index (χ0) is 30.5. The summed E-state index contributed by atoms with van der Waals surface area (Å²) in [6.45, 7) is 6.40. The molecule has 2 aromatic rings. The first-order chi connectivity index (χ1) is 19.4. The number of fused-ring (bicyclic) bond motifs is 1. The standard InChI is InChI=1S/C28H44N8O5/c1-16(2)13-22(36-25(38)20(30)7-4-5-11-29)27(40)35-21(8-6-12-33-28(31)32)26(39)34-18-9-10-19-17(3)14-24(37)41-23(19)15-18/h9-10,14-16,20-22H,4-8,11-13,29-30H2,1-3H3,(H,34,39)(H,35,40)(H,36,38)(H4,31,32,33)/t20-,21-,22-/m0/s1. The van der Waals surface area contributed by atoms with Crippen molar-refractivity contribution in [2.45, 2.75) is 77.4 Å². The lowest BCUT2D eigenvalue weighted by atomic mass is 10.0. The molecule has 3 amide bonds. The normalized spacial score (nSPS) is 13.3. The first-order valence-corrected chi connectivity index (χ1v) is 13.9. The quantitative estimate of drug-likeness (QED) is 0.0643. The number of carbonyl (C=O) groups is 3. The number of nitrogens with two attached hydrogens (primary N) is 4. The van der Waals surface area contributed by atoms with Crippen LogP contribution in [0.5, 0.6) is 0 Å². The van der Waals surface area contributed by atoms with Crippen molar-refractivity contribution in [1.29, 1.82) is 0 Å². The summed E-state index contributed by atoms with van der Waals surface area (Å²) in [5.74, 6) is -1.45. The number of nitrogens with one attached hydrogen (secondary N) is 3. The van der Waals surface area contributed by atoms with Crippen LogP contribution in [0.1, 0.15) is 57.9 Å². The zero-order valence-corrected chi connectivity index (χ0v) is 24.1. The van der Waals surface area contributed by atoms with Crippen molar-refractivity contribution in [2.24, 2.45) is 33.8 Å². The Kier molecular flexibility index (Phi) is 13.2. The van der Waals surface area contributed by atoms with E-state index in [4.69, 9.17) is 27.4 Å². The first kappa shape index (κ1) is 33.2. The van der Waals surface area contributed by atoms with Gasteiger partial charge in [-0.3, -0.25) is 19.4 Å². The molecule has 0 bridgehead atoms. The van der Waals surface area contributed by atoms with Crippen LogP contribution in [0.2, 0.25) is 0 Å². The van der Waals surface area contributed by atoms with Crippen LogP contribution in [0.4, 0.5) is 5.69 Å². The number of aliphatic imine (C=N–C) groups is 1. The maximum Gasteiger partial charge on any atom is 0.336 e. The molecule has 0 radical (unpaired) electrons. The number of nitrogens with zero attached hydrogens (tertiary/aromatic N) is 1. The molecular weight excluding hydrogens is 528 g/mol. The van der Waals surface area contributed by atoms with E-state index in [9.17, 15) is 19.2 Å². The van der Waals surface area contributed by atoms with Gasteiger partial charge in [-0.25, -0.2) is 4.79 Å². The van der Waals surface area contributed by atoms with Crippen LogP contribution in [0.25, 0.3) is 11.0 Å². The zero-order valence-electron chi connectivity index (χ0n) is 24.1. The number of anilines is 1. The van der Waals surface area contributed by atoms with Crippen LogP contribution in [0.15, 0.2) is 38.5 Å². The average Bonchev–Trinajstić information content (AvgIpc) is 2.89. The largest absolute Gasteiger partial charge is 0.423 e. The predicted molar refractivity (Wildman–Crippen MR) is 160 cm³/mol. The monoisotopic (exact) mass is 572 g/mol. The van der Waals surface area contributed by atoms with Crippen LogP contribution < -0.4 is 44.5 Å². The highest BCUT2D eigenvalue weighted by Gasteiger charge is 2.28. The molecule has 0 saturated carbocycles. The highest BCUT2D eigenvalue weighted by Crippen LogP contribution is 2.21. The molecule has 3 atom stereocenters. The average molecular weight is 573 g/mol. The molecule has 0 aliphatic carbocycles. The van der Waals surface area contributed by atoms with Gasteiger partial charge in [0.05, 0.1) is 6.04 Å². The van der Waals surface area contributed by atoms with E-state index < -0.39 is 41.5 Å². The van der Waals surface area contributed by atoms with Crippen molar-refractivity contribution in [1.82, 2.24) is 10.6 Å². The highest BCUT2D eigenvalue weighted by atomic mass is 16.4. The Morgan fingerprint density at radius 3 is 2.32 bits per heavy atom. The van der Waals surface area contributed by atoms with Crippen LogP contribution in [-0.4, -0.2) is 54.9 Å². The molecule has 1 heterocycles. The third kappa shape index (κ3) is 11.2. The summed E-state index contributed by atoms with van der Waals surface area (Å²) in [5.41, 5.74) is 23.3. The molecule has 0 unspecified atom stereocenters. The molecule has 0 aliphatic heterocycles. The Morgan fingerprint density at radius 1 is 0.951 bits per heavy atom. The van der Waals surface area contributed by atoms with Crippen LogP contribution in [0.3, 0.4) is 0 Å². The molecule has 41 heavy (non-hydrogen) atoms. The molecule has 1 aromatic carbocycles. The molecular formula is C28H44N8O5. The number of hydrogen-bond acceptors (Lipinski definition) is 8. The van der Waals surface area contributed by atoms with Gasteiger partial charge >= 0.3 is 5.63 Å². The second-order valence-corrected chi connectivity index (χ2v) is 10.5. The number of rotatable bonds is 16. The Morgan fingerprint density at radius 2 is 1.66 bits per heavy atom. The summed E-state index contributed by atoms with van der Waals surface area (Å²) in [5, 5.41) is 9.03. The minimum Gasteiger partial charge on any atom is -0.423 e. The Bertz CT molecular complexity index is 1270. The van der Waals surface area contributed by atoms with Crippen molar-refractivity contribution >= 4 is 40.3 Å². The van der Waals surface area contributed by atoms with E-state index >= 15 is 0 Å². The van der Waals surface area contributed by atoms with Gasteiger partial charge in [0, 0.05) is 29.8 Å². The Labute approximate surface area is 239 Å². The van der Waals surface area contributed by atoms with E-state index in [-0.39, 0.29) is 24.8 Å². The Hall–Kier alpha value is -3.97. The fraction of sp³-hybridized carbons (Fsp3) is 0.536. The molecule has 13 heteroatoms. The van der Waals surface area contributed by atoms with Gasteiger partial charge in [0.1, 0.15) is 17.7 Å².